The lowest BCUT2D eigenvalue weighted by molar-refractivity contribution is 0.0339. The van der Waals surface area contributed by atoms with E-state index in [9.17, 15) is 35.1 Å². The van der Waals surface area contributed by atoms with Crippen LogP contribution in [0.4, 0.5) is 35.1 Å². The maximum Gasteiger partial charge on any atom is 0.304 e. The summed E-state index contributed by atoms with van der Waals surface area (Å²) < 4.78 is 114. The molecule has 0 unspecified atom stereocenters. The number of benzene rings is 4. The van der Waals surface area contributed by atoms with Gasteiger partial charge in [-0.15, -0.1) is 0 Å². The van der Waals surface area contributed by atoms with E-state index in [2.05, 4.69) is 0 Å². The molecule has 0 heterocycles. The highest BCUT2D eigenvalue weighted by atomic mass is 19.3. The van der Waals surface area contributed by atoms with Crippen molar-refractivity contribution in [3.63, 3.8) is 0 Å². The van der Waals surface area contributed by atoms with Gasteiger partial charge in [-0.1, -0.05) is 42.0 Å². The first-order valence-corrected chi connectivity index (χ1v) is 9.88. The third-order valence-electron chi connectivity index (χ3n) is 5.37. The summed E-state index contributed by atoms with van der Waals surface area (Å²) in [5, 5.41) is 0. The van der Waals surface area contributed by atoms with E-state index >= 15 is 0 Å². The monoisotopic (exact) mass is 478 g/mol. The molecule has 0 saturated heterocycles. The van der Waals surface area contributed by atoms with E-state index in [1.807, 2.05) is 19.1 Å². The fraction of sp³-hybridized carbons (Fsp3) is 0.0769. The standard InChI is InChI=1S/C26H14F8/c1-13-2-4-14(5-3-13)15-6-7-18(19(27)8-15)16-9-20(28)24(21(29)10-16)26(33,34)17-11-22(30)25(32)23(31)12-17/h2-12H,1H3. The van der Waals surface area contributed by atoms with Gasteiger partial charge in [0.15, 0.2) is 17.5 Å². The van der Waals surface area contributed by atoms with Gasteiger partial charge in [0.1, 0.15) is 17.5 Å². The van der Waals surface area contributed by atoms with Gasteiger partial charge >= 0.3 is 5.92 Å². The number of hydrogen-bond acceptors (Lipinski definition) is 0. The number of rotatable bonds is 4. The Kier molecular flexibility index (Phi) is 5.93. The van der Waals surface area contributed by atoms with Crippen molar-refractivity contribution in [2.24, 2.45) is 0 Å². The Hall–Kier alpha value is -3.68. The highest BCUT2D eigenvalue weighted by Gasteiger charge is 2.41. The molecule has 0 radical (unpaired) electrons. The average molecular weight is 478 g/mol. The lowest BCUT2D eigenvalue weighted by Crippen LogP contribution is -2.20. The van der Waals surface area contributed by atoms with Gasteiger partial charge in [0, 0.05) is 11.1 Å². The number of hydrogen-bond donors (Lipinski definition) is 0. The summed E-state index contributed by atoms with van der Waals surface area (Å²) in [5.74, 6) is -14.8. The summed E-state index contributed by atoms with van der Waals surface area (Å²) in [6.45, 7) is 1.88. The molecule has 0 saturated carbocycles. The summed E-state index contributed by atoms with van der Waals surface area (Å²) in [7, 11) is 0. The highest BCUT2D eigenvalue weighted by Crippen LogP contribution is 2.41. The van der Waals surface area contributed by atoms with Gasteiger partial charge in [-0.2, -0.15) is 8.78 Å². The molecule has 4 rings (SSSR count). The summed E-state index contributed by atoms with van der Waals surface area (Å²) >= 11 is 0. The van der Waals surface area contributed by atoms with Crippen molar-refractivity contribution < 1.29 is 35.1 Å². The third kappa shape index (κ3) is 4.16. The van der Waals surface area contributed by atoms with E-state index in [1.54, 1.807) is 12.1 Å². The van der Waals surface area contributed by atoms with Gasteiger partial charge < -0.3 is 0 Å². The minimum atomic E-state index is -4.55. The van der Waals surface area contributed by atoms with Gasteiger partial charge in [-0.05, 0) is 53.9 Å². The van der Waals surface area contributed by atoms with Crippen molar-refractivity contribution in [3.05, 3.63) is 118 Å². The second-order valence-corrected chi connectivity index (χ2v) is 7.70. The van der Waals surface area contributed by atoms with Crippen molar-refractivity contribution in [2.45, 2.75) is 12.8 Å². The molecule has 174 valence electrons. The molecule has 0 atom stereocenters. The van der Waals surface area contributed by atoms with Gasteiger partial charge in [0.05, 0.1) is 5.56 Å². The van der Waals surface area contributed by atoms with Crippen LogP contribution in [-0.2, 0) is 5.92 Å². The molecule has 0 nitrogen and oxygen atoms in total. The van der Waals surface area contributed by atoms with E-state index in [0.29, 0.717) is 23.3 Å². The third-order valence-corrected chi connectivity index (χ3v) is 5.37. The summed E-state index contributed by atoms with van der Waals surface area (Å²) in [4.78, 5) is 0. The van der Waals surface area contributed by atoms with Crippen molar-refractivity contribution >= 4 is 0 Å². The van der Waals surface area contributed by atoms with E-state index in [-0.39, 0.29) is 23.3 Å². The molecule has 0 aliphatic carbocycles. The topological polar surface area (TPSA) is 0 Å². The maximum absolute atomic E-state index is 14.8. The van der Waals surface area contributed by atoms with Gasteiger partial charge in [0.2, 0.25) is 0 Å². The molecule has 0 aliphatic heterocycles. The summed E-state index contributed by atoms with van der Waals surface area (Å²) in [6.07, 6.45) is 0. The van der Waals surface area contributed by atoms with E-state index in [4.69, 9.17) is 0 Å². The summed E-state index contributed by atoms with van der Waals surface area (Å²) in [6, 6.07) is 12.0. The Morgan fingerprint density at radius 2 is 1.03 bits per heavy atom. The summed E-state index contributed by atoms with van der Waals surface area (Å²) in [5.41, 5.74) is -1.72. The Morgan fingerprint density at radius 1 is 0.529 bits per heavy atom. The van der Waals surface area contributed by atoms with Crippen molar-refractivity contribution in [2.75, 3.05) is 0 Å². The zero-order valence-corrected chi connectivity index (χ0v) is 17.4. The van der Waals surface area contributed by atoms with Crippen LogP contribution in [0.2, 0.25) is 0 Å². The van der Waals surface area contributed by atoms with Crippen LogP contribution < -0.4 is 0 Å². The predicted molar refractivity (Wildman–Crippen MR) is 111 cm³/mol. The Labute approximate surface area is 189 Å². The van der Waals surface area contributed by atoms with Crippen LogP contribution in [0.5, 0.6) is 0 Å². The number of alkyl halides is 2. The fourth-order valence-corrected chi connectivity index (χ4v) is 3.58. The normalized spacial score (nSPS) is 11.7. The SMILES string of the molecule is Cc1ccc(-c2ccc(-c3cc(F)c(C(F)(F)c4cc(F)c(F)c(F)c4)c(F)c3)c(F)c2)cc1. The zero-order valence-electron chi connectivity index (χ0n) is 17.4. The minimum absolute atomic E-state index is 0.0470. The predicted octanol–water partition coefficient (Wildman–Crippen LogP) is 8.30. The van der Waals surface area contributed by atoms with Crippen LogP contribution in [0, 0.1) is 41.8 Å². The molecule has 4 aromatic carbocycles. The van der Waals surface area contributed by atoms with E-state index in [0.717, 1.165) is 11.6 Å². The zero-order chi connectivity index (χ0) is 24.8. The molecule has 4 aromatic rings. The Balaban J connectivity index is 1.75. The van der Waals surface area contributed by atoms with Crippen LogP contribution in [-0.4, -0.2) is 0 Å². The van der Waals surface area contributed by atoms with Crippen molar-refractivity contribution in [1.29, 1.82) is 0 Å². The molecule has 0 N–H and O–H groups in total. The molecule has 0 fully saturated rings. The number of aryl methyl sites for hydroxylation is 1. The van der Waals surface area contributed by atoms with Crippen LogP contribution >= 0.6 is 0 Å². The first-order chi connectivity index (χ1) is 16.0. The molecule has 0 amide bonds. The lowest BCUT2D eigenvalue weighted by atomic mass is 9.94. The van der Waals surface area contributed by atoms with Crippen LogP contribution in [0.25, 0.3) is 22.3 Å². The van der Waals surface area contributed by atoms with Crippen molar-refractivity contribution in [1.82, 2.24) is 0 Å². The van der Waals surface area contributed by atoms with Crippen LogP contribution in [0.15, 0.2) is 66.7 Å². The smallest absolute Gasteiger partial charge is 0.206 e. The van der Waals surface area contributed by atoms with Crippen LogP contribution in [0.1, 0.15) is 16.7 Å². The fourth-order valence-electron chi connectivity index (χ4n) is 3.58. The Bertz CT molecular complexity index is 1340. The van der Waals surface area contributed by atoms with Gasteiger partial charge in [-0.25, -0.2) is 26.3 Å². The van der Waals surface area contributed by atoms with Gasteiger partial charge in [0.25, 0.3) is 0 Å². The van der Waals surface area contributed by atoms with Gasteiger partial charge in [-0.3, -0.25) is 0 Å². The molecule has 0 bridgehead atoms. The van der Waals surface area contributed by atoms with Crippen molar-refractivity contribution in [3.8, 4) is 22.3 Å². The second-order valence-electron chi connectivity index (χ2n) is 7.70. The lowest BCUT2D eigenvalue weighted by Gasteiger charge is -2.20. The first kappa shape index (κ1) is 23.5. The minimum Gasteiger partial charge on any atom is -0.206 e. The highest BCUT2D eigenvalue weighted by molar-refractivity contribution is 5.71. The molecule has 0 spiro atoms. The number of halogens is 8. The maximum atomic E-state index is 14.8. The second kappa shape index (κ2) is 8.59. The molecular weight excluding hydrogens is 464 g/mol. The van der Waals surface area contributed by atoms with Crippen LogP contribution in [0.3, 0.4) is 0 Å². The molecule has 0 aromatic heterocycles. The molecular formula is C26H14F8. The van der Waals surface area contributed by atoms with E-state index in [1.165, 1.54) is 12.1 Å². The first-order valence-electron chi connectivity index (χ1n) is 9.88. The molecule has 8 heteroatoms. The largest absolute Gasteiger partial charge is 0.304 e. The van der Waals surface area contributed by atoms with E-state index < -0.39 is 52.0 Å². The molecule has 34 heavy (non-hydrogen) atoms. The quantitative estimate of drug-likeness (QED) is 0.204. The average Bonchev–Trinajstić information content (AvgIpc) is 2.76. The molecule has 0 aliphatic rings. The Morgan fingerprint density at radius 3 is 1.56 bits per heavy atom.